The van der Waals surface area contributed by atoms with Crippen LogP contribution >= 0.6 is 0 Å². The van der Waals surface area contributed by atoms with Gasteiger partial charge in [-0.1, -0.05) is 93.9 Å². The predicted octanol–water partition coefficient (Wildman–Crippen LogP) is 8.54. The van der Waals surface area contributed by atoms with Gasteiger partial charge >= 0.3 is 17.6 Å². The molecule has 0 rings (SSSR count). The van der Waals surface area contributed by atoms with Crippen molar-refractivity contribution in [3.63, 3.8) is 0 Å². The monoisotopic (exact) mass is 550 g/mol. The lowest BCUT2D eigenvalue weighted by molar-refractivity contribution is 0.0282. The van der Waals surface area contributed by atoms with Gasteiger partial charge in [-0.15, -0.1) is 0 Å². The van der Waals surface area contributed by atoms with Crippen LogP contribution in [-0.4, -0.2) is 57.3 Å². The van der Waals surface area contributed by atoms with E-state index < -0.39 is 17.6 Å². The van der Waals surface area contributed by atoms with Crippen LogP contribution in [0.25, 0.3) is 0 Å². The average Bonchev–Trinajstić information content (AvgIpc) is 2.88. The van der Waals surface area contributed by atoms with Crippen molar-refractivity contribution in [1.29, 1.82) is 0 Å². The molecule has 0 bridgehead atoms. The van der Waals surface area contributed by atoms with Crippen molar-refractivity contribution in [2.45, 2.75) is 144 Å². The summed E-state index contributed by atoms with van der Waals surface area (Å²) in [6.45, 7) is 21.6. The topological polar surface area (TPSA) is 55.4 Å². The van der Waals surface area contributed by atoms with Crippen LogP contribution < -0.4 is 0 Å². The van der Waals surface area contributed by atoms with Crippen LogP contribution in [0, 0.1) is 0 Å². The highest BCUT2D eigenvalue weighted by atomic mass is 28.4. The fourth-order valence-electron chi connectivity index (χ4n) is 3.80. The van der Waals surface area contributed by atoms with E-state index in [1.54, 1.807) is 0 Å². The molecule has 0 aliphatic heterocycles. The van der Waals surface area contributed by atoms with Crippen molar-refractivity contribution in [1.82, 2.24) is 0 Å². The molecule has 2 atom stereocenters. The van der Waals surface area contributed by atoms with Gasteiger partial charge in [-0.2, -0.15) is 0 Å². The third kappa shape index (κ3) is 13.8. The second kappa shape index (κ2) is 23.1. The van der Waals surface area contributed by atoms with Gasteiger partial charge in [0, 0.05) is 50.7 Å². The third-order valence-corrected chi connectivity index (χ3v) is 13.9. The molecule has 2 unspecified atom stereocenters. The van der Waals surface area contributed by atoms with Gasteiger partial charge in [-0.3, -0.25) is 0 Å². The van der Waals surface area contributed by atoms with Crippen molar-refractivity contribution < 1.29 is 26.6 Å². The number of hydrogen-bond donors (Lipinski definition) is 0. The summed E-state index contributed by atoms with van der Waals surface area (Å²) >= 11 is 0. The fourth-order valence-corrected chi connectivity index (χ4v) is 10.9. The molecule has 0 N–H and O–H groups in total. The van der Waals surface area contributed by atoms with Crippen LogP contribution in [0.15, 0.2) is 0 Å². The molecule has 8 heteroatoms. The Hall–Kier alpha value is 0.194. The smallest absolute Gasteiger partial charge is 0.373 e. The molecular weight excluding hydrogens is 488 g/mol. The van der Waals surface area contributed by atoms with E-state index in [2.05, 4.69) is 55.4 Å². The molecule has 0 aliphatic rings. The molecule has 0 aromatic carbocycles. The Balaban J connectivity index is 6.22. The second-order valence-electron chi connectivity index (χ2n) is 10.00. The van der Waals surface area contributed by atoms with Gasteiger partial charge in [0.15, 0.2) is 0 Å². The minimum Gasteiger partial charge on any atom is -0.373 e. The Bertz CT molecular complexity index is 388. The zero-order valence-corrected chi connectivity index (χ0v) is 27.3. The molecule has 36 heavy (non-hydrogen) atoms. The molecule has 0 heterocycles. The molecule has 0 spiro atoms. The lowest BCUT2D eigenvalue weighted by Crippen LogP contribution is -2.58. The SMILES string of the molecule is CCCCO[Si](OCCCC)(OCCCC)C(C)C(C)[Si](OCCCC)(OCCCC)OCCCC. The van der Waals surface area contributed by atoms with Gasteiger partial charge in [0.05, 0.1) is 0 Å². The van der Waals surface area contributed by atoms with Crippen LogP contribution in [-0.2, 0) is 26.6 Å². The third-order valence-electron chi connectivity index (χ3n) is 6.67. The van der Waals surface area contributed by atoms with E-state index in [0.29, 0.717) is 39.6 Å². The summed E-state index contributed by atoms with van der Waals surface area (Å²) in [5.74, 6) is 0. The molecular formula is C28H62O6Si2. The van der Waals surface area contributed by atoms with E-state index in [9.17, 15) is 0 Å². The molecule has 0 radical (unpaired) electrons. The minimum atomic E-state index is -3.03. The van der Waals surface area contributed by atoms with E-state index in [1.165, 1.54) is 0 Å². The summed E-state index contributed by atoms with van der Waals surface area (Å²) in [5, 5.41) is 0. The quantitative estimate of drug-likeness (QED) is 0.0754. The standard InChI is InChI=1S/C28H62O6Si2/c1-9-15-21-29-35(30-22-16-10-2,31-23-17-11-3)27(7)28(8)36(32-24-18-12-4,33-25-19-13-5)34-26-20-14-6/h27-28H,9-26H2,1-8H3. The zero-order chi connectivity index (χ0) is 27.1. The first-order chi connectivity index (χ1) is 17.4. The average molecular weight is 551 g/mol. The maximum Gasteiger partial charge on any atom is 0.504 e. The Morgan fingerprint density at radius 1 is 0.361 bits per heavy atom. The number of hydrogen-bond acceptors (Lipinski definition) is 6. The highest BCUT2D eigenvalue weighted by Gasteiger charge is 2.59. The maximum absolute atomic E-state index is 6.67. The highest BCUT2D eigenvalue weighted by molar-refractivity contribution is 6.69. The first kappa shape index (κ1) is 36.2. The van der Waals surface area contributed by atoms with Gasteiger partial charge in [0.25, 0.3) is 0 Å². The zero-order valence-electron chi connectivity index (χ0n) is 25.3. The normalized spacial score (nSPS) is 14.3. The molecule has 0 saturated heterocycles. The molecule has 0 saturated carbocycles. The van der Waals surface area contributed by atoms with E-state index in [4.69, 9.17) is 26.6 Å². The van der Waals surface area contributed by atoms with E-state index in [-0.39, 0.29) is 11.1 Å². The van der Waals surface area contributed by atoms with Crippen molar-refractivity contribution >= 4 is 17.6 Å². The van der Waals surface area contributed by atoms with Crippen LogP contribution in [0.2, 0.25) is 11.1 Å². The molecule has 218 valence electrons. The van der Waals surface area contributed by atoms with Gasteiger partial charge in [0.2, 0.25) is 0 Å². The summed E-state index contributed by atoms with van der Waals surface area (Å²) < 4.78 is 40.0. The van der Waals surface area contributed by atoms with Gasteiger partial charge < -0.3 is 26.6 Å². The molecule has 6 nitrogen and oxygen atoms in total. The lowest BCUT2D eigenvalue weighted by Gasteiger charge is -2.42. The van der Waals surface area contributed by atoms with E-state index >= 15 is 0 Å². The summed E-state index contributed by atoms with van der Waals surface area (Å²) in [6, 6.07) is 0. The lowest BCUT2D eigenvalue weighted by atomic mass is 10.3. The first-order valence-electron chi connectivity index (χ1n) is 15.3. The van der Waals surface area contributed by atoms with Crippen molar-refractivity contribution in [2.75, 3.05) is 39.6 Å². The van der Waals surface area contributed by atoms with Crippen molar-refractivity contribution in [2.24, 2.45) is 0 Å². The van der Waals surface area contributed by atoms with Crippen LogP contribution in [0.5, 0.6) is 0 Å². The predicted molar refractivity (Wildman–Crippen MR) is 156 cm³/mol. The Morgan fingerprint density at radius 2 is 0.528 bits per heavy atom. The van der Waals surface area contributed by atoms with Crippen LogP contribution in [0.4, 0.5) is 0 Å². The number of rotatable bonds is 27. The Kier molecular flexibility index (Phi) is 23.2. The minimum absolute atomic E-state index is 0.0135. The van der Waals surface area contributed by atoms with Gasteiger partial charge in [-0.05, 0) is 38.5 Å². The molecule has 0 aromatic rings. The van der Waals surface area contributed by atoms with Crippen molar-refractivity contribution in [3.05, 3.63) is 0 Å². The highest BCUT2D eigenvalue weighted by Crippen LogP contribution is 2.44. The summed E-state index contributed by atoms with van der Waals surface area (Å²) in [4.78, 5) is 0. The summed E-state index contributed by atoms with van der Waals surface area (Å²) in [5.41, 5.74) is 0.0271. The molecule has 0 fully saturated rings. The van der Waals surface area contributed by atoms with Crippen molar-refractivity contribution in [3.8, 4) is 0 Å². The largest absolute Gasteiger partial charge is 0.504 e. The van der Waals surface area contributed by atoms with E-state index in [0.717, 1.165) is 77.0 Å². The fraction of sp³-hybridized carbons (Fsp3) is 1.00. The molecule has 0 amide bonds. The Morgan fingerprint density at radius 3 is 0.667 bits per heavy atom. The summed E-state index contributed by atoms with van der Waals surface area (Å²) in [6.07, 6.45) is 12.5. The van der Waals surface area contributed by atoms with Gasteiger partial charge in [-0.25, -0.2) is 0 Å². The van der Waals surface area contributed by atoms with Gasteiger partial charge in [0.1, 0.15) is 0 Å². The molecule has 0 aliphatic carbocycles. The summed E-state index contributed by atoms with van der Waals surface area (Å²) in [7, 11) is -6.06. The maximum atomic E-state index is 6.67. The van der Waals surface area contributed by atoms with E-state index in [1.807, 2.05) is 0 Å². The Labute approximate surface area is 227 Å². The first-order valence-corrected chi connectivity index (χ1v) is 18.9. The number of unbranched alkanes of at least 4 members (excludes halogenated alkanes) is 6. The second-order valence-corrected chi connectivity index (χ2v) is 16.0. The van der Waals surface area contributed by atoms with Crippen LogP contribution in [0.1, 0.15) is 132 Å². The van der Waals surface area contributed by atoms with Crippen LogP contribution in [0.3, 0.4) is 0 Å². The molecule has 0 aromatic heterocycles.